The number of benzene rings is 1. The molecule has 5 nitrogen and oxygen atoms in total. The van der Waals surface area contributed by atoms with Gasteiger partial charge in [0.05, 0.1) is 13.7 Å². The van der Waals surface area contributed by atoms with Crippen LogP contribution in [-0.2, 0) is 4.79 Å². The van der Waals surface area contributed by atoms with Crippen molar-refractivity contribution in [1.29, 1.82) is 5.26 Å². The fourth-order valence-corrected chi connectivity index (χ4v) is 3.14. The minimum Gasteiger partial charge on any atom is -0.493 e. The first-order valence-electron chi connectivity index (χ1n) is 8.82. The van der Waals surface area contributed by atoms with Gasteiger partial charge < -0.3 is 14.8 Å². The van der Waals surface area contributed by atoms with Crippen molar-refractivity contribution in [2.24, 2.45) is 5.92 Å². The minimum atomic E-state index is -0.311. The van der Waals surface area contributed by atoms with E-state index in [4.69, 9.17) is 9.47 Å². The van der Waals surface area contributed by atoms with Gasteiger partial charge in [-0.3, -0.25) is 4.79 Å². The lowest BCUT2D eigenvalue weighted by molar-refractivity contribution is -0.118. The molecule has 0 saturated heterocycles. The molecule has 1 aliphatic carbocycles. The highest BCUT2D eigenvalue weighted by Gasteiger charge is 2.24. The summed E-state index contributed by atoms with van der Waals surface area (Å²) in [6, 6.07) is 7.51. The molecule has 0 heterocycles. The predicted molar refractivity (Wildman–Crippen MR) is 97.3 cm³/mol. The Bertz CT molecular complexity index is 676. The van der Waals surface area contributed by atoms with Crippen molar-refractivity contribution in [2.45, 2.75) is 45.6 Å². The average Bonchev–Trinajstić information content (AvgIpc) is 2.62. The summed E-state index contributed by atoms with van der Waals surface area (Å²) in [7, 11) is 1.56. The number of rotatable bonds is 6. The third-order valence-electron chi connectivity index (χ3n) is 4.59. The van der Waals surface area contributed by atoms with Crippen LogP contribution in [0.3, 0.4) is 0 Å². The molecular formula is C20H26N2O3. The molecule has 1 fully saturated rings. The van der Waals surface area contributed by atoms with Gasteiger partial charge in [-0.2, -0.15) is 5.26 Å². The van der Waals surface area contributed by atoms with Crippen LogP contribution in [0.25, 0.3) is 6.08 Å². The smallest absolute Gasteiger partial charge is 0.262 e. The SMILES string of the molecule is CCOc1ccc(/C=C(\C#N)C(=O)N[C@H]2CCCC[C@H]2C)cc1OC. The Morgan fingerprint density at radius 3 is 2.76 bits per heavy atom. The molecule has 0 unspecified atom stereocenters. The molecule has 0 radical (unpaired) electrons. The number of carbonyl (C=O) groups excluding carboxylic acids is 1. The molecule has 25 heavy (non-hydrogen) atoms. The molecule has 1 aliphatic rings. The van der Waals surface area contributed by atoms with E-state index in [1.807, 2.05) is 13.0 Å². The Kier molecular flexibility index (Phi) is 6.88. The van der Waals surface area contributed by atoms with Gasteiger partial charge in [-0.25, -0.2) is 0 Å². The summed E-state index contributed by atoms with van der Waals surface area (Å²) in [6.45, 7) is 4.59. The zero-order valence-electron chi connectivity index (χ0n) is 15.2. The van der Waals surface area contributed by atoms with Crippen LogP contribution in [0.1, 0.15) is 45.1 Å². The van der Waals surface area contributed by atoms with Crippen LogP contribution in [0, 0.1) is 17.2 Å². The number of ether oxygens (including phenoxy) is 2. The minimum absolute atomic E-state index is 0.101. The maximum absolute atomic E-state index is 12.5. The molecule has 0 aliphatic heterocycles. The lowest BCUT2D eigenvalue weighted by Crippen LogP contribution is -2.41. The predicted octanol–water partition coefficient (Wildman–Crippen LogP) is 3.70. The van der Waals surface area contributed by atoms with Crippen molar-refractivity contribution in [3.05, 3.63) is 29.3 Å². The van der Waals surface area contributed by atoms with Gasteiger partial charge in [-0.05, 0) is 49.5 Å². The third-order valence-corrected chi connectivity index (χ3v) is 4.59. The normalized spacial score (nSPS) is 20.5. The highest BCUT2D eigenvalue weighted by Crippen LogP contribution is 2.29. The van der Waals surface area contributed by atoms with Gasteiger partial charge in [-0.1, -0.05) is 25.8 Å². The summed E-state index contributed by atoms with van der Waals surface area (Å²) in [5.41, 5.74) is 0.827. The van der Waals surface area contributed by atoms with E-state index in [0.29, 0.717) is 24.0 Å². The van der Waals surface area contributed by atoms with E-state index < -0.39 is 0 Å². The van der Waals surface area contributed by atoms with Crippen molar-refractivity contribution in [3.63, 3.8) is 0 Å². The Hall–Kier alpha value is -2.48. The molecule has 1 N–H and O–H groups in total. The highest BCUT2D eigenvalue weighted by atomic mass is 16.5. The van der Waals surface area contributed by atoms with Gasteiger partial charge in [-0.15, -0.1) is 0 Å². The number of amides is 1. The monoisotopic (exact) mass is 342 g/mol. The molecular weight excluding hydrogens is 316 g/mol. The maximum Gasteiger partial charge on any atom is 0.262 e. The Labute approximate surface area is 149 Å². The van der Waals surface area contributed by atoms with E-state index in [1.165, 1.54) is 6.42 Å². The largest absolute Gasteiger partial charge is 0.493 e. The van der Waals surface area contributed by atoms with Crippen LogP contribution in [0.15, 0.2) is 23.8 Å². The summed E-state index contributed by atoms with van der Waals surface area (Å²) < 4.78 is 10.8. The molecule has 5 heteroatoms. The van der Waals surface area contributed by atoms with E-state index in [9.17, 15) is 10.1 Å². The zero-order chi connectivity index (χ0) is 18.2. The van der Waals surface area contributed by atoms with E-state index in [2.05, 4.69) is 12.2 Å². The summed E-state index contributed by atoms with van der Waals surface area (Å²) in [5.74, 6) is 1.35. The van der Waals surface area contributed by atoms with Gasteiger partial charge in [0.15, 0.2) is 11.5 Å². The second-order valence-electron chi connectivity index (χ2n) is 6.35. The van der Waals surface area contributed by atoms with Crippen LogP contribution in [0.5, 0.6) is 11.5 Å². The number of hydrogen-bond donors (Lipinski definition) is 1. The van der Waals surface area contributed by atoms with Crippen LogP contribution in [-0.4, -0.2) is 25.7 Å². The molecule has 2 rings (SSSR count). The van der Waals surface area contributed by atoms with E-state index in [0.717, 1.165) is 24.8 Å². The number of methoxy groups -OCH3 is 1. The molecule has 1 saturated carbocycles. The molecule has 0 bridgehead atoms. The van der Waals surface area contributed by atoms with Crippen LogP contribution in [0.4, 0.5) is 0 Å². The third kappa shape index (κ3) is 4.99. The van der Waals surface area contributed by atoms with Crippen molar-refractivity contribution < 1.29 is 14.3 Å². The van der Waals surface area contributed by atoms with Crippen LogP contribution in [0.2, 0.25) is 0 Å². The first-order chi connectivity index (χ1) is 12.1. The first-order valence-corrected chi connectivity index (χ1v) is 8.82. The molecule has 134 valence electrons. The molecule has 0 spiro atoms. The second-order valence-corrected chi connectivity index (χ2v) is 6.35. The zero-order valence-corrected chi connectivity index (χ0v) is 15.2. The van der Waals surface area contributed by atoms with Gasteiger partial charge in [0.25, 0.3) is 5.91 Å². The van der Waals surface area contributed by atoms with Gasteiger partial charge in [0, 0.05) is 6.04 Å². The summed E-state index contributed by atoms with van der Waals surface area (Å²) >= 11 is 0. The maximum atomic E-state index is 12.5. The average molecular weight is 342 g/mol. The standard InChI is InChI=1S/C20H26N2O3/c1-4-25-18-10-9-15(12-19(18)24-3)11-16(13-21)20(23)22-17-8-6-5-7-14(17)2/h9-12,14,17H,4-8H2,1-3H3,(H,22,23)/b16-11+/t14-,17+/m1/s1. The van der Waals surface area contributed by atoms with Crippen LogP contribution >= 0.6 is 0 Å². The second kappa shape index (κ2) is 9.12. The Morgan fingerprint density at radius 1 is 1.36 bits per heavy atom. The van der Waals surface area contributed by atoms with Crippen molar-refractivity contribution in [2.75, 3.05) is 13.7 Å². The van der Waals surface area contributed by atoms with Gasteiger partial charge in [0.2, 0.25) is 0 Å². The lowest BCUT2D eigenvalue weighted by Gasteiger charge is -2.29. The van der Waals surface area contributed by atoms with Crippen molar-refractivity contribution in [3.8, 4) is 17.6 Å². The van der Waals surface area contributed by atoms with Crippen molar-refractivity contribution in [1.82, 2.24) is 5.32 Å². The molecule has 2 atom stereocenters. The molecule has 1 aromatic rings. The summed E-state index contributed by atoms with van der Waals surface area (Å²) in [5, 5.41) is 12.4. The number of nitrogens with one attached hydrogen (secondary N) is 1. The topological polar surface area (TPSA) is 71.3 Å². The number of nitriles is 1. The Morgan fingerprint density at radius 2 is 2.12 bits per heavy atom. The highest BCUT2D eigenvalue weighted by molar-refractivity contribution is 6.01. The molecule has 1 aromatic carbocycles. The first kappa shape index (κ1) is 18.9. The fourth-order valence-electron chi connectivity index (χ4n) is 3.14. The van der Waals surface area contributed by atoms with Gasteiger partial charge >= 0.3 is 0 Å². The van der Waals surface area contributed by atoms with Crippen molar-refractivity contribution >= 4 is 12.0 Å². The van der Waals surface area contributed by atoms with Gasteiger partial charge in [0.1, 0.15) is 11.6 Å². The molecule has 1 amide bonds. The lowest BCUT2D eigenvalue weighted by atomic mass is 9.86. The van der Waals surface area contributed by atoms with E-state index in [1.54, 1.807) is 31.4 Å². The molecule has 0 aromatic heterocycles. The van der Waals surface area contributed by atoms with E-state index >= 15 is 0 Å². The number of nitrogens with zero attached hydrogens (tertiary/aromatic N) is 1. The number of carbonyl (C=O) groups is 1. The summed E-state index contributed by atoms with van der Waals surface area (Å²) in [4.78, 5) is 12.5. The van der Waals surface area contributed by atoms with E-state index in [-0.39, 0.29) is 17.5 Å². The van der Waals surface area contributed by atoms with Crippen LogP contribution < -0.4 is 14.8 Å². The fraction of sp³-hybridized carbons (Fsp3) is 0.500. The summed E-state index contributed by atoms with van der Waals surface area (Å²) in [6.07, 6.45) is 6.01. The number of hydrogen-bond acceptors (Lipinski definition) is 4. The quantitative estimate of drug-likeness (QED) is 0.632. The Balaban J connectivity index is 2.16.